The van der Waals surface area contributed by atoms with Crippen LogP contribution in [-0.4, -0.2) is 37.9 Å². The number of rotatable bonds is 5. The Morgan fingerprint density at radius 2 is 2.10 bits per heavy atom. The molecule has 0 fully saturated rings. The van der Waals surface area contributed by atoms with Crippen LogP contribution >= 0.6 is 11.6 Å². The van der Waals surface area contributed by atoms with Crippen molar-refractivity contribution in [2.24, 2.45) is 0 Å². The second-order valence-electron chi connectivity index (χ2n) is 4.74. The number of imidazole rings is 1. The molecule has 0 aliphatic carbocycles. The number of hydrogen-bond donors (Lipinski definition) is 0. The van der Waals surface area contributed by atoms with E-state index in [1.54, 1.807) is 19.4 Å². The van der Waals surface area contributed by atoms with E-state index in [1.165, 1.54) is 0 Å². The first-order valence-corrected chi connectivity index (χ1v) is 8.47. The molecule has 0 bridgehead atoms. The number of nitrogens with zero attached hydrogens (tertiary/aromatic N) is 3. The van der Waals surface area contributed by atoms with Gasteiger partial charge < -0.3 is 9.30 Å². The normalized spacial score (nSPS) is 16.1. The summed E-state index contributed by atoms with van der Waals surface area (Å²) < 4.78 is 18.6. The average molecular weight is 316 g/mol. The van der Waals surface area contributed by atoms with E-state index in [1.807, 2.05) is 24.5 Å². The van der Waals surface area contributed by atoms with Crippen molar-refractivity contribution >= 4 is 33.6 Å². The highest BCUT2D eigenvalue weighted by molar-refractivity contribution is 7.84. The van der Waals surface area contributed by atoms with Gasteiger partial charge >= 0.3 is 0 Å². The summed E-state index contributed by atoms with van der Waals surface area (Å²) in [7, 11) is 0.671. The number of methoxy groups -OCH3 is 1. The monoisotopic (exact) mass is 315 g/mol. The van der Waals surface area contributed by atoms with Crippen molar-refractivity contribution in [1.82, 2.24) is 14.5 Å². The quantitative estimate of drug-likeness (QED) is 0.796. The standard InChI is InChI=1S/C13H18ClN3O2S/c1-8(7-20(4)18)17-12(9(2)14)15-10-5-6-11(19-3)16-13(10)17/h5-6,8-9H,7H2,1-4H3. The second kappa shape index (κ2) is 6.10. The molecule has 20 heavy (non-hydrogen) atoms. The maximum atomic E-state index is 11.5. The lowest BCUT2D eigenvalue weighted by Crippen LogP contribution is -2.16. The van der Waals surface area contributed by atoms with Gasteiger partial charge in [-0.2, -0.15) is 4.98 Å². The number of alkyl halides is 1. The zero-order valence-corrected chi connectivity index (χ0v) is 13.5. The molecule has 7 heteroatoms. The number of ether oxygens (including phenoxy) is 1. The van der Waals surface area contributed by atoms with Crippen molar-refractivity contribution in [3.05, 3.63) is 18.0 Å². The van der Waals surface area contributed by atoms with Gasteiger partial charge in [-0.05, 0) is 19.9 Å². The van der Waals surface area contributed by atoms with Gasteiger partial charge in [0.25, 0.3) is 0 Å². The summed E-state index contributed by atoms with van der Waals surface area (Å²) in [6.45, 7) is 3.86. The summed E-state index contributed by atoms with van der Waals surface area (Å²) in [5.41, 5.74) is 1.48. The minimum Gasteiger partial charge on any atom is -0.481 e. The molecule has 5 nitrogen and oxygen atoms in total. The fraction of sp³-hybridized carbons (Fsp3) is 0.538. The predicted molar refractivity (Wildman–Crippen MR) is 82.0 cm³/mol. The Morgan fingerprint density at radius 3 is 2.65 bits per heavy atom. The minimum absolute atomic E-state index is 0.00152. The first-order chi connectivity index (χ1) is 9.43. The molecule has 2 rings (SSSR count). The van der Waals surface area contributed by atoms with Crippen molar-refractivity contribution in [3.63, 3.8) is 0 Å². The summed E-state index contributed by atoms with van der Waals surface area (Å²) in [6, 6.07) is 3.63. The summed E-state index contributed by atoms with van der Waals surface area (Å²) in [6.07, 6.45) is 1.69. The summed E-state index contributed by atoms with van der Waals surface area (Å²) >= 11 is 6.22. The van der Waals surface area contributed by atoms with Crippen molar-refractivity contribution in [1.29, 1.82) is 0 Å². The zero-order valence-electron chi connectivity index (χ0n) is 12.0. The van der Waals surface area contributed by atoms with Gasteiger partial charge in [-0.3, -0.25) is 4.21 Å². The number of fused-ring (bicyclic) bond motifs is 1. The SMILES string of the molecule is COc1ccc2nc(C(C)Cl)n(C(C)CS(C)=O)c2n1. The maximum Gasteiger partial charge on any atom is 0.215 e. The molecule has 0 N–H and O–H groups in total. The molecule has 2 aromatic rings. The Balaban J connectivity index is 2.62. The Kier molecular flexibility index (Phi) is 4.65. The highest BCUT2D eigenvalue weighted by atomic mass is 35.5. The third-order valence-electron chi connectivity index (χ3n) is 3.02. The minimum atomic E-state index is -0.903. The van der Waals surface area contributed by atoms with E-state index in [2.05, 4.69) is 9.97 Å². The maximum absolute atomic E-state index is 11.5. The predicted octanol–water partition coefficient (Wildman–Crippen LogP) is 2.68. The number of pyridine rings is 1. The first-order valence-electron chi connectivity index (χ1n) is 6.31. The van der Waals surface area contributed by atoms with Crippen LogP contribution in [0.3, 0.4) is 0 Å². The third-order valence-corrected chi connectivity index (χ3v) is 4.17. The van der Waals surface area contributed by atoms with Gasteiger partial charge in [0, 0.05) is 34.9 Å². The highest BCUT2D eigenvalue weighted by Crippen LogP contribution is 2.28. The molecule has 3 unspecified atom stereocenters. The van der Waals surface area contributed by atoms with E-state index in [0.717, 1.165) is 11.3 Å². The lowest BCUT2D eigenvalue weighted by molar-refractivity contribution is 0.398. The largest absolute Gasteiger partial charge is 0.481 e. The molecule has 0 saturated heterocycles. The van der Waals surface area contributed by atoms with E-state index in [0.29, 0.717) is 17.3 Å². The van der Waals surface area contributed by atoms with E-state index in [9.17, 15) is 4.21 Å². The average Bonchev–Trinajstić information content (AvgIpc) is 2.76. The summed E-state index contributed by atoms with van der Waals surface area (Å²) in [5, 5.41) is -0.247. The molecule has 0 saturated carbocycles. The lowest BCUT2D eigenvalue weighted by Gasteiger charge is -2.17. The zero-order chi connectivity index (χ0) is 14.9. The van der Waals surface area contributed by atoms with Crippen LogP contribution in [0.1, 0.15) is 31.1 Å². The Hall–Kier alpha value is -1.14. The summed E-state index contributed by atoms with van der Waals surface area (Å²) in [4.78, 5) is 8.98. The topological polar surface area (TPSA) is 57.0 Å². The molecule has 0 spiro atoms. The van der Waals surface area contributed by atoms with E-state index >= 15 is 0 Å². The smallest absolute Gasteiger partial charge is 0.215 e. The van der Waals surface area contributed by atoms with E-state index < -0.39 is 10.8 Å². The van der Waals surface area contributed by atoms with Gasteiger partial charge in [0.2, 0.25) is 5.88 Å². The molecule has 0 aliphatic rings. The molecular formula is C13H18ClN3O2S. The fourth-order valence-corrected chi connectivity index (χ4v) is 3.20. The molecular weight excluding hydrogens is 298 g/mol. The molecule has 3 atom stereocenters. The van der Waals surface area contributed by atoms with Crippen molar-refractivity contribution in [3.8, 4) is 5.88 Å². The molecule has 0 aliphatic heterocycles. The van der Waals surface area contributed by atoms with Crippen LogP contribution in [0.25, 0.3) is 11.2 Å². The first kappa shape index (κ1) is 15.3. The van der Waals surface area contributed by atoms with Crippen LogP contribution in [0.5, 0.6) is 5.88 Å². The summed E-state index contributed by atoms with van der Waals surface area (Å²) in [5.74, 6) is 1.79. The molecule has 2 heterocycles. The highest BCUT2D eigenvalue weighted by Gasteiger charge is 2.21. The number of halogens is 1. The number of hydrogen-bond acceptors (Lipinski definition) is 4. The van der Waals surface area contributed by atoms with Crippen LogP contribution < -0.4 is 4.74 Å². The van der Waals surface area contributed by atoms with Crippen LogP contribution in [0.15, 0.2) is 12.1 Å². The Labute approximate surface area is 125 Å². The Bertz CT molecular complexity index is 642. The van der Waals surface area contributed by atoms with Gasteiger partial charge in [-0.25, -0.2) is 4.98 Å². The Morgan fingerprint density at radius 1 is 1.40 bits per heavy atom. The van der Waals surface area contributed by atoms with Gasteiger partial charge in [0.1, 0.15) is 11.3 Å². The van der Waals surface area contributed by atoms with Gasteiger partial charge in [0.05, 0.1) is 12.5 Å². The van der Waals surface area contributed by atoms with Crippen LogP contribution in [0.2, 0.25) is 0 Å². The molecule has 110 valence electrons. The van der Waals surface area contributed by atoms with Crippen molar-refractivity contribution < 1.29 is 8.95 Å². The third kappa shape index (κ3) is 2.96. The molecule has 0 aromatic carbocycles. The fourth-order valence-electron chi connectivity index (χ4n) is 2.22. The van der Waals surface area contributed by atoms with Crippen molar-refractivity contribution in [2.75, 3.05) is 19.1 Å². The van der Waals surface area contributed by atoms with Crippen LogP contribution in [0.4, 0.5) is 0 Å². The lowest BCUT2D eigenvalue weighted by atomic mass is 10.3. The van der Waals surface area contributed by atoms with Gasteiger partial charge in [-0.1, -0.05) is 0 Å². The number of aromatic nitrogens is 3. The van der Waals surface area contributed by atoms with Gasteiger partial charge in [-0.15, -0.1) is 11.6 Å². The van der Waals surface area contributed by atoms with Crippen LogP contribution in [0, 0.1) is 0 Å². The van der Waals surface area contributed by atoms with Gasteiger partial charge in [0.15, 0.2) is 5.65 Å². The van der Waals surface area contributed by atoms with Crippen molar-refractivity contribution in [2.45, 2.75) is 25.3 Å². The molecule has 0 radical (unpaired) electrons. The molecule has 2 aromatic heterocycles. The molecule has 0 amide bonds. The second-order valence-corrected chi connectivity index (χ2v) is 6.88. The van der Waals surface area contributed by atoms with E-state index in [4.69, 9.17) is 16.3 Å². The van der Waals surface area contributed by atoms with Crippen LogP contribution in [-0.2, 0) is 10.8 Å². The van der Waals surface area contributed by atoms with E-state index in [-0.39, 0.29) is 11.4 Å².